The largest absolute Gasteiger partial charge is 0.496 e. The number of methoxy groups -OCH3 is 1. The molecule has 2 aliphatic heterocycles. The lowest BCUT2D eigenvalue weighted by Gasteiger charge is -2.33. The van der Waals surface area contributed by atoms with E-state index in [9.17, 15) is 9.59 Å². The van der Waals surface area contributed by atoms with Crippen LogP contribution in [0.25, 0.3) is 0 Å². The Labute approximate surface area is 189 Å². The Morgan fingerprint density at radius 3 is 2.78 bits per heavy atom. The fourth-order valence-corrected chi connectivity index (χ4v) is 4.69. The van der Waals surface area contributed by atoms with Crippen LogP contribution in [0.4, 0.5) is 5.82 Å². The second kappa shape index (κ2) is 9.54. The first-order chi connectivity index (χ1) is 15.5. The average molecular weight is 438 g/mol. The minimum absolute atomic E-state index is 0.00961. The number of aromatic nitrogens is 2. The first kappa shape index (κ1) is 22.0. The third-order valence-electron chi connectivity index (χ3n) is 6.28. The third-order valence-corrected chi connectivity index (χ3v) is 6.28. The van der Waals surface area contributed by atoms with Gasteiger partial charge in [0.05, 0.1) is 19.7 Å². The predicted molar refractivity (Wildman–Crippen MR) is 122 cm³/mol. The lowest BCUT2D eigenvalue weighted by molar-refractivity contribution is -0.133. The second-order valence-electron chi connectivity index (χ2n) is 8.46. The molecule has 0 unspecified atom stereocenters. The molecular formula is C24H31N5O3. The quantitative estimate of drug-likeness (QED) is 0.747. The fourth-order valence-electron chi connectivity index (χ4n) is 4.69. The summed E-state index contributed by atoms with van der Waals surface area (Å²) in [6.45, 7) is 5.75. The highest BCUT2D eigenvalue weighted by Gasteiger charge is 2.33. The van der Waals surface area contributed by atoms with Gasteiger partial charge in [-0.15, -0.1) is 0 Å². The predicted octanol–water partition coefficient (Wildman–Crippen LogP) is 2.55. The molecule has 1 fully saturated rings. The Kier molecular flexibility index (Phi) is 6.58. The summed E-state index contributed by atoms with van der Waals surface area (Å²) in [5, 5.41) is 2.61. The van der Waals surface area contributed by atoms with Gasteiger partial charge in [-0.05, 0) is 38.7 Å². The third kappa shape index (κ3) is 4.54. The molecule has 0 spiro atoms. The average Bonchev–Trinajstić information content (AvgIpc) is 3.28. The molecule has 2 aliphatic rings. The van der Waals surface area contributed by atoms with E-state index in [-0.39, 0.29) is 24.4 Å². The molecule has 2 amide bonds. The minimum Gasteiger partial charge on any atom is -0.496 e. The molecule has 1 aromatic heterocycles. The van der Waals surface area contributed by atoms with Crippen LogP contribution in [-0.4, -0.2) is 53.4 Å². The van der Waals surface area contributed by atoms with Crippen molar-refractivity contribution >= 4 is 17.6 Å². The van der Waals surface area contributed by atoms with E-state index < -0.39 is 0 Å². The first-order valence-electron chi connectivity index (χ1n) is 11.3. The van der Waals surface area contributed by atoms with Gasteiger partial charge in [-0.25, -0.2) is 9.97 Å². The summed E-state index contributed by atoms with van der Waals surface area (Å²) in [5.74, 6) is 2.23. The van der Waals surface area contributed by atoms with Crippen molar-refractivity contribution < 1.29 is 14.3 Å². The van der Waals surface area contributed by atoms with E-state index in [0.29, 0.717) is 18.9 Å². The van der Waals surface area contributed by atoms with Crippen LogP contribution in [0, 0.1) is 6.92 Å². The number of nitrogens with one attached hydrogen (secondary N) is 1. The molecule has 0 radical (unpaired) electrons. The maximum atomic E-state index is 12.7. The van der Waals surface area contributed by atoms with E-state index in [0.717, 1.165) is 55.1 Å². The lowest BCUT2D eigenvalue weighted by atomic mass is 10.0. The molecular weight excluding hydrogens is 406 g/mol. The highest BCUT2D eigenvalue weighted by molar-refractivity contribution is 5.84. The van der Waals surface area contributed by atoms with Crippen molar-refractivity contribution in [2.75, 3.05) is 31.6 Å². The van der Waals surface area contributed by atoms with Crippen molar-refractivity contribution in [3.8, 4) is 5.75 Å². The van der Waals surface area contributed by atoms with Gasteiger partial charge in [0.1, 0.15) is 11.6 Å². The van der Waals surface area contributed by atoms with Crippen LogP contribution in [0.2, 0.25) is 0 Å². The number of likely N-dealkylation sites (tertiary alicyclic amines) is 1. The number of carbonyl (C=O) groups is 2. The molecule has 0 saturated carbocycles. The van der Waals surface area contributed by atoms with E-state index >= 15 is 0 Å². The van der Waals surface area contributed by atoms with Gasteiger partial charge in [-0.2, -0.15) is 0 Å². The topological polar surface area (TPSA) is 87.7 Å². The number of amides is 2. The molecule has 32 heavy (non-hydrogen) atoms. The van der Waals surface area contributed by atoms with Gasteiger partial charge in [0.2, 0.25) is 11.8 Å². The standard InChI is InChI=1S/C24H31N5O3/c1-16-19-9-6-12-28(15-18-8-4-5-11-21(18)32-3)24(19)27-23(26-16)20-10-7-13-29(20)22(31)14-25-17(2)30/h4-5,8,11,20H,6-7,9-10,12-15H2,1-3H3,(H,25,30)/t20-/m0/s1. The molecule has 170 valence electrons. The zero-order valence-electron chi connectivity index (χ0n) is 19.1. The Morgan fingerprint density at radius 1 is 1.19 bits per heavy atom. The van der Waals surface area contributed by atoms with Gasteiger partial charge >= 0.3 is 0 Å². The Hall–Kier alpha value is -3.16. The molecule has 4 rings (SSSR count). The molecule has 3 heterocycles. The Morgan fingerprint density at radius 2 is 2.00 bits per heavy atom. The van der Waals surface area contributed by atoms with Crippen LogP contribution in [-0.2, 0) is 22.6 Å². The first-order valence-corrected chi connectivity index (χ1v) is 11.3. The van der Waals surface area contributed by atoms with E-state index in [1.807, 2.05) is 30.0 Å². The van der Waals surface area contributed by atoms with Crippen molar-refractivity contribution in [2.45, 2.75) is 52.1 Å². The van der Waals surface area contributed by atoms with Crippen molar-refractivity contribution in [3.05, 3.63) is 46.9 Å². The Bertz CT molecular complexity index is 1010. The van der Waals surface area contributed by atoms with Crippen LogP contribution in [0.1, 0.15) is 54.9 Å². The van der Waals surface area contributed by atoms with E-state index in [4.69, 9.17) is 14.7 Å². The summed E-state index contributed by atoms with van der Waals surface area (Å²) < 4.78 is 5.55. The number of carbonyl (C=O) groups excluding carboxylic acids is 2. The number of nitrogens with zero attached hydrogens (tertiary/aromatic N) is 4. The number of aryl methyl sites for hydroxylation is 1. The second-order valence-corrected chi connectivity index (χ2v) is 8.46. The number of hydrogen-bond acceptors (Lipinski definition) is 6. The van der Waals surface area contributed by atoms with Gasteiger partial charge in [0.25, 0.3) is 0 Å². The lowest BCUT2D eigenvalue weighted by Crippen LogP contribution is -2.40. The molecule has 1 atom stereocenters. The number of fused-ring (bicyclic) bond motifs is 1. The van der Waals surface area contributed by atoms with Crippen molar-refractivity contribution in [1.29, 1.82) is 0 Å². The molecule has 2 aromatic rings. The van der Waals surface area contributed by atoms with Gasteiger partial charge in [0.15, 0.2) is 5.82 Å². The van der Waals surface area contributed by atoms with Crippen LogP contribution in [0.15, 0.2) is 24.3 Å². The summed E-state index contributed by atoms with van der Waals surface area (Å²) in [7, 11) is 1.69. The van der Waals surface area contributed by atoms with Crippen molar-refractivity contribution in [3.63, 3.8) is 0 Å². The Balaban J connectivity index is 1.62. The van der Waals surface area contributed by atoms with Crippen molar-refractivity contribution in [2.24, 2.45) is 0 Å². The van der Waals surface area contributed by atoms with E-state index in [2.05, 4.69) is 16.3 Å². The monoisotopic (exact) mass is 437 g/mol. The fraction of sp³-hybridized carbons (Fsp3) is 0.500. The smallest absolute Gasteiger partial charge is 0.242 e. The maximum Gasteiger partial charge on any atom is 0.242 e. The summed E-state index contributed by atoms with van der Waals surface area (Å²) >= 11 is 0. The maximum absolute atomic E-state index is 12.7. The van der Waals surface area contributed by atoms with Crippen molar-refractivity contribution in [1.82, 2.24) is 20.2 Å². The van der Waals surface area contributed by atoms with E-state index in [1.165, 1.54) is 12.5 Å². The molecule has 8 nitrogen and oxygen atoms in total. The number of ether oxygens (including phenoxy) is 1. The summed E-state index contributed by atoms with van der Waals surface area (Å²) in [6, 6.07) is 7.91. The summed E-state index contributed by atoms with van der Waals surface area (Å²) in [6.07, 6.45) is 3.74. The zero-order chi connectivity index (χ0) is 22.7. The zero-order valence-corrected chi connectivity index (χ0v) is 19.1. The number of para-hydroxylation sites is 1. The molecule has 1 saturated heterocycles. The number of rotatable bonds is 6. The number of benzene rings is 1. The summed E-state index contributed by atoms with van der Waals surface area (Å²) in [5.41, 5.74) is 3.29. The molecule has 0 aliphatic carbocycles. The van der Waals surface area contributed by atoms with Gasteiger partial charge in [-0.1, -0.05) is 18.2 Å². The highest BCUT2D eigenvalue weighted by atomic mass is 16.5. The number of hydrogen-bond donors (Lipinski definition) is 1. The summed E-state index contributed by atoms with van der Waals surface area (Å²) in [4.78, 5) is 37.9. The SMILES string of the molecule is COc1ccccc1CN1CCCc2c(C)nc([C@@H]3CCCN3C(=O)CNC(C)=O)nc21. The highest BCUT2D eigenvalue weighted by Crippen LogP contribution is 2.35. The molecule has 1 aromatic carbocycles. The van der Waals surface area contributed by atoms with Gasteiger partial charge in [-0.3, -0.25) is 9.59 Å². The number of anilines is 1. The molecule has 8 heteroatoms. The van der Waals surface area contributed by atoms with Crippen LogP contribution >= 0.6 is 0 Å². The van der Waals surface area contributed by atoms with Crippen LogP contribution in [0.5, 0.6) is 5.75 Å². The van der Waals surface area contributed by atoms with E-state index in [1.54, 1.807) is 7.11 Å². The van der Waals surface area contributed by atoms with Crippen LogP contribution in [0.3, 0.4) is 0 Å². The van der Waals surface area contributed by atoms with Crippen LogP contribution < -0.4 is 15.0 Å². The van der Waals surface area contributed by atoms with Gasteiger partial charge < -0.3 is 19.9 Å². The molecule has 0 bridgehead atoms. The van der Waals surface area contributed by atoms with Gasteiger partial charge in [0, 0.05) is 43.4 Å². The molecule has 1 N–H and O–H groups in total. The minimum atomic E-state index is -0.207. The normalized spacial score (nSPS) is 17.8.